The Hall–Kier alpha value is -4.51. The lowest BCUT2D eigenvalue weighted by molar-refractivity contribution is 0.356. The van der Waals surface area contributed by atoms with Crippen LogP contribution in [0.25, 0.3) is 33.1 Å². The second-order valence-corrected chi connectivity index (χ2v) is 7.42. The molecule has 0 N–H and O–H groups in total. The standard InChI is InChI=1S/C25H18FN5O2/c1-32-22-9-18-20(10-23(22)33-2)29-13-21-24(18)25(17-6-5-15(11-27)8-19(17)26)30-31(21)14-16-4-3-7-28-12-16/h3-10,12-13H,14H2,1-2H3. The molecule has 0 amide bonds. The van der Waals surface area contributed by atoms with E-state index in [1.165, 1.54) is 6.07 Å². The van der Waals surface area contributed by atoms with Crippen LogP contribution in [0.5, 0.6) is 11.5 Å². The van der Waals surface area contributed by atoms with Crippen LogP contribution in [0.2, 0.25) is 0 Å². The fourth-order valence-electron chi connectivity index (χ4n) is 3.93. The summed E-state index contributed by atoms with van der Waals surface area (Å²) in [6.07, 6.45) is 5.19. The molecule has 3 aromatic heterocycles. The summed E-state index contributed by atoms with van der Waals surface area (Å²) in [6.45, 7) is 0.433. The molecule has 5 rings (SSSR count). The number of nitriles is 1. The monoisotopic (exact) mass is 439 g/mol. The van der Waals surface area contributed by atoms with Crippen molar-refractivity contribution in [2.75, 3.05) is 14.2 Å². The Morgan fingerprint density at radius 1 is 1.06 bits per heavy atom. The van der Waals surface area contributed by atoms with Gasteiger partial charge in [-0.15, -0.1) is 0 Å². The zero-order valence-corrected chi connectivity index (χ0v) is 17.9. The normalized spacial score (nSPS) is 11.0. The van der Waals surface area contributed by atoms with E-state index in [9.17, 15) is 0 Å². The van der Waals surface area contributed by atoms with Crippen LogP contribution in [0.15, 0.2) is 61.1 Å². The molecule has 0 aliphatic rings. The molecule has 0 atom stereocenters. The van der Waals surface area contributed by atoms with E-state index in [-0.39, 0.29) is 5.56 Å². The summed E-state index contributed by atoms with van der Waals surface area (Å²) in [7, 11) is 3.12. The zero-order chi connectivity index (χ0) is 22.9. The molecule has 3 heterocycles. The molecule has 0 radical (unpaired) electrons. The van der Waals surface area contributed by atoms with Gasteiger partial charge >= 0.3 is 0 Å². The van der Waals surface area contributed by atoms with Crippen LogP contribution in [0, 0.1) is 17.1 Å². The Morgan fingerprint density at radius 2 is 1.88 bits per heavy atom. The number of hydrogen-bond donors (Lipinski definition) is 0. The maximum Gasteiger partial charge on any atom is 0.162 e. The number of halogens is 1. The summed E-state index contributed by atoms with van der Waals surface area (Å²) in [6, 6.07) is 13.8. The molecular formula is C25H18FN5O2. The van der Waals surface area contributed by atoms with Gasteiger partial charge in [0.25, 0.3) is 0 Å². The van der Waals surface area contributed by atoms with E-state index >= 15 is 4.39 Å². The fraction of sp³-hybridized carbons (Fsp3) is 0.120. The van der Waals surface area contributed by atoms with E-state index in [0.717, 1.165) is 21.9 Å². The highest BCUT2D eigenvalue weighted by Crippen LogP contribution is 2.39. The van der Waals surface area contributed by atoms with E-state index in [0.29, 0.717) is 34.8 Å². The minimum Gasteiger partial charge on any atom is -0.493 e. The van der Waals surface area contributed by atoms with Crippen LogP contribution in [0.4, 0.5) is 4.39 Å². The van der Waals surface area contributed by atoms with Crippen LogP contribution in [-0.2, 0) is 6.54 Å². The van der Waals surface area contributed by atoms with Gasteiger partial charge in [0, 0.05) is 34.8 Å². The number of benzene rings is 2. The van der Waals surface area contributed by atoms with Crippen molar-refractivity contribution in [2.45, 2.75) is 6.54 Å². The zero-order valence-electron chi connectivity index (χ0n) is 17.9. The van der Waals surface area contributed by atoms with Crippen LogP contribution in [0.3, 0.4) is 0 Å². The maximum absolute atomic E-state index is 15.1. The molecule has 5 aromatic rings. The number of ether oxygens (including phenoxy) is 2. The van der Waals surface area contributed by atoms with Crippen molar-refractivity contribution in [3.8, 4) is 28.8 Å². The lowest BCUT2D eigenvalue weighted by Gasteiger charge is -2.10. The molecule has 8 heteroatoms. The van der Waals surface area contributed by atoms with Crippen LogP contribution < -0.4 is 9.47 Å². The van der Waals surface area contributed by atoms with Gasteiger partial charge in [-0.3, -0.25) is 14.6 Å². The number of methoxy groups -OCH3 is 2. The molecule has 0 aliphatic heterocycles. The highest BCUT2D eigenvalue weighted by Gasteiger charge is 2.21. The van der Waals surface area contributed by atoms with Crippen LogP contribution in [0.1, 0.15) is 11.1 Å². The van der Waals surface area contributed by atoms with Crippen molar-refractivity contribution >= 4 is 21.8 Å². The summed E-state index contributed by atoms with van der Waals surface area (Å²) in [5.74, 6) is 0.559. The van der Waals surface area contributed by atoms with Gasteiger partial charge in [0.05, 0.1) is 49.6 Å². The van der Waals surface area contributed by atoms with E-state index in [1.54, 1.807) is 55.7 Å². The van der Waals surface area contributed by atoms with Crippen LogP contribution in [-0.4, -0.2) is 34.0 Å². The summed E-state index contributed by atoms with van der Waals surface area (Å²) < 4.78 is 27.8. The number of pyridine rings is 2. The number of fused-ring (bicyclic) bond motifs is 3. The molecule has 0 spiro atoms. The smallest absolute Gasteiger partial charge is 0.162 e. The van der Waals surface area contributed by atoms with Crippen molar-refractivity contribution in [3.63, 3.8) is 0 Å². The van der Waals surface area contributed by atoms with E-state index in [4.69, 9.17) is 19.8 Å². The van der Waals surface area contributed by atoms with Crippen LogP contribution >= 0.6 is 0 Å². The number of rotatable bonds is 5. The first-order valence-electron chi connectivity index (χ1n) is 10.1. The number of hydrogen-bond acceptors (Lipinski definition) is 6. The van der Waals surface area contributed by atoms with Crippen molar-refractivity contribution in [1.29, 1.82) is 5.26 Å². The third-order valence-electron chi connectivity index (χ3n) is 5.50. The molecular weight excluding hydrogens is 421 g/mol. The van der Waals surface area contributed by atoms with Crippen molar-refractivity contribution < 1.29 is 13.9 Å². The Bertz CT molecular complexity index is 1540. The third kappa shape index (κ3) is 3.49. The van der Waals surface area contributed by atoms with E-state index in [2.05, 4.69) is 9.97 Å². The highest BCUT2D eigenvalue weighted by molar-refractivity contribution is 6.12. The summed E-state index contributed by atoms with van der Waals surface area (Å²) in [4.78, 5) is 8.78. The number of aromatic nitrogens is 4. The highest BCUT2D eigenvalue weighted by atomic mass is 19.1. The first-order chi connectivity index (χ1) is 16.1. The maximum atomic E-state index is 15.1. The largest absolute Gasteiger partial charge is 0.493 e. The molecule has 0 saturated carbocycles. The lowest BCUT2D eigenvalue weighted by atomic mass is 10.0. The average Bonchev–Trinajstić information content (AvgIpc) is 3.21. The predicted molar refractivity (Wildman–Crippen MR) is 122 cm³/mol. The van der Waals surface area contributed by atoms with Gasteiger partial charge in [-0.1, -0.05) is 6.07 Å². The molecule has 33 heavy (non-hydrogen) atoms. The predicted octanol–water partition coefficient (Wildman–Crippen LogP) is 4.72. The van der Waals surface area contributed by atoms with Crippen molar-refractivity contribution in [3.05, 3.63) is 78.0 Å². The summed E-state index contributed by atoms with van der Waals surface area (Å²) in [5, 5.41) is 15.4. The van der Waals surface area contributed by atoms with Crippen molar-refractivity contribution in [1.82, 2.24) is 19.7 Å². The third-order valence-corrected chi connectivity index (χ3v) is 5.50. The summed E-state index contributed by atoms with van der Waals surface area (Å²) in [5.41, 5.74) is 3.34. The van der Waals surface area contributed by atoms with Gasteiger partial charge in [-0.25, -0.2) is 4.39 Å². The molecule has 0 bridgehead atoms. The molecule has 162 valence electrons. The lowest BCUT2D eigenvalue weighted by Crippen LogP contribution is -2.02. The van der Waals surface area contributed by atoms with Gasteiger partial charge in [-0.05, 0) is 35.9 Å². The average molecular weight is 439 g/mol. The van der Waals surface area contributed by atoms with Gasteiger partial charge < -0.3 is 9.47 Å². The Morgan fingerprint density at radius 3 is 2.58 bits per heavy atom. The molecule has 0 aliphatic carbocycles. The number of nitrogens with zero attached hydrogens (tertiary/aromatic N) is 5. The molecule has 2 aromatic carbocycles. The van der Waals surface area contributed by atoms with E-state index < -0.39 is 5.82 Å². The fourth-order valence-corrected chi connectivity index (χ4v) is 3.93. The van der Waals surface area contributed by atoms with E-state index in [1.807, 2.05) is 24.3 Å². The van der Waals surface area contributed by atoms with Gasteiger partial charge in [0.15, 0.2) is 11.5 Å². The van der Waals surface area contributed by atoms with Gasteiger partial charge in [0.1, 0.15) is 11.5 Å². The Balaban J connectivity index is 1.83. The topological polar surface area (TPSA) is 85.9 Å². The second kappa shape index (κ2) is 8.20. The minimum atomic E-state index is -0.521. The first kappa shape index (κ1) is 20.4. The van der Waals surface area contributed by atoms with Crippen molar-refractivity contribution in [2.24, 2.45) is 0 Å². The SMILES string of the molecule is COc1cc2ncc3c(c(-c4ccc(C#N)cc4F)nn3Cc3cccnc3)c2cc1OC. The Kier molecular flexibility index (Phi) is 5.07. The van der Waals surface area contributed by atoms with Gasteiger partial charge in [0.2, 0.25) is 0 Å². The molecule has 0 unspecified atom stereocenters. The molecule has 0 fully saturated rings. The summed E-state index contributed by atoms with van der Waals surface area (Å²) >= 11 is 0. The quantitative estimate of drug-likeness (QED) is 0.394. The minimum absolute atomic E-state index is 0.244. The first-order valence-corrected chi connectivity index (χ1v) is 10.1. The second-order valence-electron chi connectivity index (χ2n) is 7.42. The molecule has 0 saturated heterocycles. The molecule has 7 nitrogen and oxygen atoms in total. The Labute approximate surface area is 188 Å². The van der Waals surface area contributed by atoms with Gasteiger partial charge in [-0.2, -0.15) is 10.4 Å².